The van der Waals surface area contributed by atoms with E-state index in [1.54, 1.807) is 24.3 Å². The van der Waals surface area contributed by atoms with Crippen molar-refractivity contribution in [3.05, 3.63) is 95.7 Å². The topological polar surface area (TPSA) is 81.7 Å². The molecule has 0 aliphatic carbocycles. The minimum absolute atomic E-state index is 0.124. The van der Waals surface area contributed by atoms with Crippen LogP contribution >= 0.6 is 0 Å². The molecule has 3 unspecified atom stereocenters. The Balaban J connectivity index is 1.10. The molecule has 6 rings (SSSR count). The van der Waals surface area contributed by atoms with Gasteiger partial charge in [-0.25, -0.2) is 0 Å². The lowest BCUT2D eigenvalue weighted by atomic mass is 10.0. The van der Waals surface area contributed by atoms with Gasteiger partial charge in [0.15, 0.2) is 0 Å². The maximum atomic E-state index is 13.6. The first-order valence-corrected chi connectivity index (χ1v) is 14.1. The number of carbonyl (C=O) groups is 1. The summed E-state index contributed by atoms with van der Waals surface area (Å²) in [5.74, 6) is 1.03. The van der Waals surface area contributed by atoms with Crippen molar-refractivity contribution in [2.24, 2.45) is 7.05 Å². The minimum Gasteiger partial charge on any atom is -0.508 e. The molecule has 0 spiro atoms. The molecule has 2 bridgehead atoms. The van der Waals surface area contributed by atoms with Crippen LogP contribution in [0.1, 0.15) is 53.4 Å². The Morgan fingerprint density at radius 2 is 1.73 bits per heavy atom. The highest BCUT2D eigenvalue weighted by atomic mass is 16.5. The van der Waals surface area contributed by atoms with E-state index in [2.05, 4.69) is 28.0 Å². The number of ether oxygens (including phenoxy) is 1. The van der Waals surface area contributed by atoms with Gasteiger partial charge in [0.05, 0.1) is 11.6 Å². The number of aromatic nitrogens is 1. The summed E-state index contributed by atoms with van der Waals surface area (Å²) in [6.45, 7) is 2.48. The normalized spacial score (nSPS) is 19.4. The van der Waals surface area contributed by atoms with E-state index in [0.29, 0.717) is 23.4 Å². The molecule has 7 heteroatoms. The second-order valence-corrected chi connectivity index (χ2v) is 11.0. The molecule has 204 valence electrons. The number of amides is 1. The Morgan fingerprint density at radius 1 is 1.02 bits per heavy atom. The molecule has 1 N–H and O–H groups in total. The fourth-order valence-electron chi connectivity index (χ4n) is 6.39. The number of likely N-dealkylation sites (tertiary alicyclic amines) is 1. The predicted octanol–water partition coefficient (Wildman–Crippen LogP) is 5.64. The number of para-hydroxylation sites is 1. The van der Waals surface area contributed by atoms with Gasteiger partial charge in [0.2, 0.25) is 0 Å². The molecule has 4 aromatic rings. The first-order valence-electron chi connectivity index (χ1n) is 14.1. The molecule has 2 aliphatic rings. The number of piperazine rings is 1. The molecule has 2 fully saturated rings. The van der Waals surface area contributed by atoms with E-state index >= 15 is 0 Å². The smallest absolute Gasteiger partial charge is 0.270 e. The standard InChI is InChI=1S/C33H34N4O3/c1-35-30-6-3-2-5-25(30)19-31(35)33(39)36-21-26-12-13-27(22-36)37(26)18-4-7-32(24-10-8-23(20-34)9-11-24)40-29-16-14-28(38)15-17-29/h2-3,5-6,8-11,14-17,19,26-27,32,38H,4,7,12-13,18,21-22H2,1H3. The third-order valence-corrected chi connectivity index (χ3v) is 8.50. The van der Waals surface area contributed by atoms with E-state index in [-0.39, 0.29) is 17.8 Å². The Morgan fingerprint density at radius 3 is 2.40 bits per heavy atom. The number of benzene rings is 3. The average molecular weight is 535 g/mol. The lowest BCUT2D eigenvalue weighted by Crippen LogP contribution is -2.55. The molecule has 3 heterocycles. The highest BCUT2D eigenvalue weighted by molar-refractivity contribution is 5.98. The number of nitriles is 1. The van der Waals surface area contributed by atoms with Gasteiger partial charge < -0.3 is 19.3 Å². The number of aryl methyl sites for hydroxylation is 1. The molecule has 3 atom stereocenters. The van der Waals surface area contributed by atoms with Crippen molar-refractivity contribution in [2.45, 2.75) is 43.9 Å². The van der Waals surface area contributed by atoms with E-state index in [9.17, 15) is 15.2 Å². The lowest BCUT2D eigenvalue weighted by Gasteiger charge is -2.41. The maximum Gasteiger partial charge on any atom is 0.270 e. The van der Waals surface area contributed by atoms with Crippen LogP contribution in [0.3, 0.4) is 0 Å². The molecule has 2 aliphatic heterocycles. The van der Waals surface area contributed by atoms with Gasteiger partial charge in [-0.2, -0.15) is 5.26 Å². The largest absolute Gasteiger partial charge is 0.508 e. The van der Waals surface area contributed by atoms with Crippen LogP contribution in [0.25, 0.3) is 10.9 Å². The number of hydrogen-bond donors (Lipinski definition) is 1. The second-order valence-electron chi connectivity index (χ2n) is 11.0. The zero-order valence-electron chi connectivity index (χ0n) is 22.7. The third kappa shape index (κ3) is 5.15. The van der Waals surface area contributed by atoms with Crippen LogP contribution in [0.15, 0.2) is 78.9 Å². The Bertz CT molecular complexity index is 1520. The Labute approximate surface area is 234 Å². The summed E-state index contributed by atoms with van der Waals surface area (Å²) in [6, 6.07) is 27.5. The van der Waals surface area contributed by atoms with Crippen LogP contribution in [0, 0.1) is 11.3 Å². The van der Waals surface area contributed by atoms with Crippen LogP contribution < -0.4 is 4.74 Å². The van der Waals surface area contributed by atoms with Crippen LogP contribution in [0.5, 0.6) is 11.5 Å². The van der Waals surface area contributed by atoms with Crippen molar-refractivity contribution in [3.8, 4) is 17.6 Å². The van der Waals surface area contributed by atoms with Crippen LogP contribution in [0.2, 0.25) is 0 Å². The van der Waals surface area contributed by atoms with Gasteiger partial charge >= 0.3 is 0 Å². The zero-order valence-corrected chi connectivity index (χ0v) is 22.7. The van der Waals surface area contributed by atoms with E-state index in [0.717, 1.165) is 67.5 Å². The first kappa shape index (κ1) is 26.0. The molecule has 0 radical (unpaired) electrons. The van der Waals surface area contributed by atoms with Crippen molar-refractivity contribution >= 4 is 16.8 Å². The molecule has 1 amide bonds. The molecular weight excluding hydrogens is 500 g/mol. The first-order chi connectivity index (χ1) is 19.5. The van der Waals surface area contributed by atoms with Gasteiger partial charge in [-0.05, 0) is 86.3 Å². The molecule has 2 saturated heterocycles. The van der Waals surface area contributed by atoms with Crippen LogP contribution in [-0.2, 0) is 7.05 Å². The summed E-state index contributed by atoms with van der Waals surface area (Å²) in [6.07, 6.45) is 3.84. The van der Waals surface area contributed by atoms with E-state index in [1.165, 1.54) is 0 Å². The summed E-state index contributed by atoms with van der Waals surface area (Å²) in [5, 5.41) is 19.9. The van der Waals surface area contributed by atoms with Crippen molar-refractivity contribution in [1.29, 1.82) is 5.26 Å². The van der Waals surface area contributed by atoms with Gasteiger partial charge in [0, 0.05) is 43.1 Å². The summed E-state index contributed by atoms with van der Waals surface area (Å²) in [7, 11) is 1.98. The average Bonchev–Trinajstić information content (AvgIpc) is 3.43. The summed E-state index contributed by atoms with van der Waals surface area (Å²) in [4.78, 5) is 18.2. The number of phenols is 1. The lowest BCUT2D eigenvalue weighted by molar-refractivity contribution is 0.0426. The summed E-state index contributed by atoms with van der Waals surface area (Å²) >= 11 is 0. The highest BCUT2D eigenvalue weighted by Crippen LogP contribution is 2.33. The van der Waals surface area contributed by atoms with E-state index < -0.39 is 0 Å². The van der Waals surface area contributed by atoms with Gasteiger partial charge in [0.25, 0.3) is 5.91 Å². The highest BCUT2D eigenvalue weighted by Gasteiger charge is 2.41. The van der Waals surface area contributed by atoms with Gasteiger partial charge in [-0.15, -0.1) is 0 Å². The molecule has 0 saturated carbocycles. The third-order valence-electron chi connectivity index (χ3n) is 8.50. The molecule has 7 nitrogen and oxygen atoms in total. The molecule has 1 aromatic heterocycles. The zero-order chi connectivity index (χ0) is 27.6. The monoisotopic (exact) mass is 534 g/mol. The predicted molar refractivity (Wildman–Crippen MR) is 154 cm³/mol. The van der Waals surface area contributed by atoms with Gasteiger partial charge in [0.1, 0.15) is 23.3 Å². The number of hydrogen-bond acceptors (Lipinski definition) is 5. The quantitative estimate of drug-likeness (QED) is 0.316. The number of aromatic hydroxyl groups is 1. The van der Waals surface area contributed by atoms with Crippen LogP contribution in [0.4, 0.5) is 0 Å². The fourth-order valence-corrected chi connectivity index (χ4v) is 6.39. The maximum absolute atomic E-state index is 13.6. The van der Waals surface area contributed by atoms with Crippen molar-refractivity contribution in [1.82, 2.24) is 14.4 Å². The van der Waals surface area contributed by atoms with Gasteiger partial charge in [-0.1, -0.05) is 30.3 Å². The Hall–Kier alpha value is -4.28. The number of rotatable bonds is 8. The minimum atomic E-state index is -0.163. The SMILES string of the molecule is Cn1c(C(=O)N2CC3CCC(C2)N3CCCC(Oc2ccc(O)cc2)c2ccc(C#N)cc2)cc2ccccc21. The van der Waals surface area contributed by atoms with Crippen molar-refractivity contribution in [2.75, 3.05) is 19.6 Å². The molecular formula is C33H34N4O3. The van der Waals surface area contributed by atoms with Gasteiger partial charge in [-0.3, -0.25) is 9.69 Å². The van der Waals surface area contributed by atoms with Crippen molar-refractivity contribution < 1.29 is 14.6 Å². The molecule has 3 aromatic carbocycles. The number of fused-ring (bicyclic) bond motifs is 3. The number of nitrogens with zero attached hydrogens (tertiary/aromatic N) is 4. The Kier molecular flexibility index (Phi) is 7.19. The second kappa shape index (κ2) is 11.1. The van der Waals surface area contributed by atoms with Crippen LogP contribution in [-0.4, -0.2) is 57.1 Å². The van der Waals surface area contributed by atoms with E-state index in [4.69, 9.17) is 4.74 Å². The van der Waals surface area contributed by atoms with Crippen molar-refractivity contribution in [3.63, 3.8) is 0 Å². The summed E-state index contributed by atoms with van der Waals surface area (Å²) < 4.78 is 8.37. The van der Waals surface area contributed by atoms with E-state index in [1.807, 2.05) is 54.1 Å². The number of phenolic OH excluding ortho intramolecular Hbond substituents is 1. The fraction of sp³-hybridized carbons (Fsp3) is 0.333. The number of carbonyl (C=O) groups excluding carboxylic acids is 1. The summed E-state index contributed by atoms with van der Waals surface area (Å²) in [5.41, 5.74) is 3.49. The molecule has 40 heavy (non-hydrogen) atoms.